The first-order valence-corrected chi connectivity index (χ1v) is 15.4. The number of aromatic carboxylic acids is 1. The molecular formula is C34H25Cl2FN2O8. The number of amides is 4. The van der Waals surface area contributed by atoms with Crippen molar-refractivity contribution in [3.05, 3.63) is 95.3 Å². The predicted molar refractivity (Wildman–Crippen MR) is 167 cm³/mol. The van der Waals surface area contributed by atoms with Crippen LogP contribution in [0.3, 0.4) is 0 Å². The number of nitrogens with zero attached hydrogens (tertiary/aromatic N) is 2. The van der Waals surface area contributed by atoms with Crippen molar-refractivity contribution in [3.8, 4) is 11.5 Å². The van der Waals surface area contributed by atoms with Gasteiger partial charge in [0, 0.05) is 17.5 Å². The largest absolute Gasteiger partial charge is 0.508 e. The van der Waals surface area contributed by atoms with Crippen LogP contribution < -0.4 is 14.5 Å². The van der Waals surface area contributed by atoms with Gasteiger partial charge in [-0.3, -0.25) is 24.1 Å². The molecule has 0 spiro atoms. The van der Waals surface area contributed by atoms with Gasteiger partial charge in [0.05, 0.1) is 35.9 Å². The summed E-state index contributed by atoms with van der Waals surface area (Å²) in [6.45, 7) is 0. The van der Waals surface area contributed by atoms with Crippen LogP contribution in [0.2, 0.25) is 0 Å². The van der Waals surface area contributed by atoms with Crippen molar-refractivity contribution < 1.29 is 43.3 Å². The lowest BCUT2D eigenvalue weighted by molar-refractivity contribution is -0.125. The molecule has 2 aliphatic heterocycles. The van der Waals surface area contributed by atoms with Gasteiger partial charge in [-0.2, -0.15) is 0 Å². The molecule has 240 valence electrons. The summed E-state index contributed by atoms with van der Waals surface area (Å²) in [6, 6.07) is 14.5. The van der Waals surface area contributed by atoms with Gasteiger partial charge in [0.1, 0.15) is 17.3 Å². The van der Waals surface area contributed by atoms with Crippen LogP contribution in [-0.4, -0.2) is 56.7 Å². The number of carboxylic acids is 1. The topological polar surface area (TPSA) is 142 Å². The minimum atomic E-state index is -2.22. The summed E-state index contributed by atoms with van der Waals surface area (Å²) >= 11 is 14.6. The van der Waals surface area contributed by atoms with E-state index < -0.39 is 68.8 Å². The Labute approximate surface area is 276 Å². The molecule has 0 bridgehead atoms. The van der Waals surface area contributed by atoms with Crippen LogP contribution in [0, 0.1) is 23.6 Å². The van der Waals surface area contributed by atoms with Crippen LogP contribution >= 0.6 is 23.2 Å². The summed E-state index contributed by atoms with van der Waals surface area (Å²) in [5.41, 5.74) is 0.581. The average molecular weight is 679 g/mol. The second kappa shape index (κ2) is 10.6. The number of phenolic OH excluding ortho intramolecular Hbond substituents is 1. The lowest BCUT2D eigenvalue weighted by Crippen LogP contribution is -2.60. The Morgan fingerprint density at radius 3 is 2.30 bits per heavy atom. The number of ether oxygens (including phenoxy) is 1. The predicted octanol–water partition coefficient (Wildman–Crippen LogP) is 5.01. The lowest BCUT2D eigenvalue weighted by Gasteiger charge is -2.50. The van der Waals surface area contributed by atoms with Crippen molar-refractivity contribution in [2.75, 3.05) is 16.9 Å². The Kier molecular flexibility index (Phi) is 7.00. The number of carbonyl (C=O) groups is 5. The Morgan fingerprint density at radius 1 is 0.915 bits per heavy atom. The molecule has 2 N–H and O–H groups in total. The summed E-state index contributed by atoms with van der Waals surface area (Å²) < 4.78 is 19.1. The number of fused-ring (bicyclic) bond motifs is 4. The van der Waals surface area contributed by atoms with Gasteiger partial charge in [0.25, 0.3) is 11.8 Å². The Bertz CT molecular complexity index is 1950. The van der Waals surface area contributed by atoms with Gasteiger partial charge in [-0.15, -0.1) is 23.2 Å². The number of allylic oxidation sites excluding steroid dienone is 2. The number of halogens is 3. The molecule has 1 saturated carbocycles. The number of aromatic hydroxyl groups is 1. The molecule has 3 fully saturated rings. The molecule has 7 rings (SSSR count). The summed E-state index contributed by atoms with van der Waals surface area (Å²) in [5.74, 6) is -8.86. The van der Waals surface area contributed by atoms with Gasteiger partial charge in [-0.25, -0.2) is 14.1 Å². The molecule has 13 heteroatoms. The summed E-state index contributed by atoms with van der Waals surface area (Å²) in [7, 11) is 1.40. The Hall–Kier alpha value is -4.74. The lowest BCUT2D eigenvalue weighted by atomic mass is 9.56. The van der Waals surface area contributed by atoms with E-state index in [1.54, 1.807) is 12.1 Å². The number of benzene rings is 3. The monoisotopic (exact) mass is 678 g/mol. The summed E-state index contributed by atoms with van der Waals surface area (Å²) in [6.07, 6.45) is 1.46. The molecule has 0 radical (unpaired) electrons. The number of rotatable bonds is 5. The summed E-state index contributed by atoms with van der Waals surface area (Å²) in [5, 5.41) is 20.8. The molecule has 10 nitrogen and oxygen atoms in total. The van der Waals surface area contributed by atoms with Gasteiger partial charge in [-0.05, 0) is 67.3 Å². The van der Waals surface area contributed by atoms with Gasteiger partial charge in [0.15, 0.2) is 9.75 Å². The van der Waals surface area contributed by atoms with Crippen LogP contribution in [0.1, 0.15) is 34.7 Å². The summed E-state index contributed by atoms with van der Waals surface area (Å²) in [4.78, 5) is 65.7. The molecule has 2 heterocycles. The first-order chi connectivity index (χ1) is 22.3. The van der Waals surface area contributed by atoms with Crippen LogP contribution in [-0.2, 0) is 19.2 Å². The third kappa shape index (κ3) is 4.19. The average Bonchev–Trinajstić information content (AvgIpc) is 3.39. The van der Waals surface area contributed by atoms with Crippen molar-refractivity contribution in [1.82, 2.24) is 0 Å². The van der Waals surface area contributed by atoms with Crippen molar-refractivity contribution >= 4 is 64.2 Å². The maximum absolute atomic E-state index is 14.4. The molecule has 4 amide bonds. The smallest absolute Gasteiger partial charge is 0.335 e. The Balaban J connectivity index is 1.39. The second-order valence-corrected chi connectivity index (χ2v) is 13.3. The number of hydrogen-bond acceptors (Lipinski definition) is 7. The van der Waals surface area contributed by atoms with Gasteiger partial charge in [0.2, 0.25) is 11.8 Å². The van der Waals surface area contributed by atoms with Gasteiger partial charge in [-0.1, -0.05) is 23.8 Å². The minimum absolute atomic E-state index is 0.0278. The van der Waals surface area contributed by atoms with E-state index in [0.717, 1.165) is 21.9 Å². The quantitative estimate of drug-likeness (QED) is 0.218. The molecule has 6 atom stereocenters. The third-order valence-electron chi connectivity index (χ3n) is 9.80. The van der Waals surface area contributed by atoms with Crippen LogP contribution in [0.5, 0.6) is 11.5 Å². The SMILES string of the molecule is COc1ccc([C@H]2C3=CC[C@@H]4C(=O)N(c5cccc(C(=O)O)c5)C(=O)[C@@H]4[C@@H]3C[C@@]3(Cl)C(=O)N(c4ccc(F)cc4)C(=O)[C@@]23Cl)c(O)c1. The van der Waals surface area contributed by atoms with E-state index in [2.05, 4.69) is 0 Å². The van der Waals surface area contributed by atoms with E-state index in [9.17, 15) is 38.6 Å². The number of carboxylic acid groups (broad SMARTS) is 1. The molecule has 0 aromatic heterocycles. The highest BCUT2D eigenvalue weighted by molar-refractivity contribution is 6.58. The molecule has 2 saturated heterocycles. The maximum Gasteiger partial charge on any atom is 0.335 e. The molecule has 0 unspecified atom stereocenters. The maximum atomic E-state index is 14.4. The van der Waals surface area contributed by atoms with Crippen LogP contribution in [0.15, 0.2) is 78.4 Å². The highest BCUT2D eigenvalue weighted by atomic mass is 35.5. The fourth-order valence-corrected chi connectivity index (χ4v) is 8.60. The van der Waals surface area contributed by atoms with Crippen molar-refractivity contribution in [2.24, 2.45) is 17.8 Å². The fraction of sp³-hybridized carbons (Fsp3) is 0.265. The van der Waals surface area contributed by atoms with E-state index in [-0.39, 0.29) is 41.1 Å². The standard InChI is InChI=1S/C34H25Cl2FN2O8/c1-47-20-9-10-22(25(40)14-20)27-21-11-12-23-26(29(42)38(28(23)41)19-4-2-3-16(13-19)30(43)44)24(21)15-33(35)31(45)39(32(46)34(27,33)36)18-7-5-17(37)6-8-18/h2-11,13-14,23-24,26-27,40H,12,15H2,1H3,(H,43,44)/t23-,24+,26-,27+,33+,34-/m0/s1. The molecule has 3 aromatic carbocycles. The van der Waals surface area contributed by atoms with Crippen molar-refractivity contribution in [1.29, 1.82) is 0 Å². The van der Waals surface area contributed by atoms with Crippen LogP contribution in [0.4, 0.5) is 15.8 Å². The molecule has 47 heavy (non-hydrogen) atoms. The minimum Gasteiger partial charge on any atom is -0.508 e. The highest BCUT2D eigenvalue weighted by Gasteiger charge is 2.77. The van der Waals surface area contributed by atoms with E-state index in [0.29, 0.717) is 11.3 Å². The van der Waals surface area contributed by atoms with E-state index in [4.69, 9.17) is 27.9 Å². The van der Waals surface area contributed by atoms with E-state index >= 15 is 0 Å². The first-order valence-electron chi connectivity index (χ1n) is 14.6. The molecule has 2 aliphatic carbocycles. The number of phenols is 1. The van der Waals surface area contributed by atoms with E-state index in [1.807, 2.05) is 0 Å². The van der Waals surface area contributed by atoms with Gasteiger partial charge < -0.3 is 14.9 Å². The number of anilines is 2. The number of imide groups is 2. The normalized spacial score (nSPS) is 29.7. The number of alkyl halides is 2. The fourth-order valence-electron chi connectivity index (χ4n) is 7.67. The van der Waals surface area contributed by atoms with Crippen molar-refractivity contribution in [2.45, 2.75) is 28.5 Å². The van der Waals surface area contributed by atoms with Crippen molar-refractivity contribution in [3.63, 3.8) is 0 Å². The number of carbonyl (C=O) groups excluding carboxylic acids is 4. The molecule has 3 aromatic rings. The highest BCUT2D eigenvalue weighted by Crippen LogP contribution is 2.66. The zero-order valence-electron chi connectivity index (χ0n) is 24.5. The third-order valence-corrected chi connectivity index (χ3v) is 11.2. The number of methoxy groups -OCH3 is 1. The molecule has 4 aliphatic rings. The van der Waals surface area contributed by atoms with E-state index in [1.165, 1.54) is 55.6 Å². The zero-order valence-corrected chi connectivity index (χ0v) is 26.0. The molecular weight excluding hydrogens is 654 g/mol. The van der Waals surface area contributed by atoms with Gasteiger partial charge >= 0.3 is 5.97 Å². The van der Waals surface area contributed by atoms with Crippen LogP contribution in [0.25, 0.3) is 0 Å². The Morgan fingerprint density at radius 2 is 1.64 bits per heavy atom. The zero-order chi connectivity index (χ0) is 33.6. The first kappa shape index (κ1) is 30.9. The second-order valence-electron chi connectivity index (χ2n) is 12.0. The number of hydrogen-bond donors (Lipinski definition) is 2.